The predicted octanol–water partition coefficient (Wildman–Crippen LogP) is -7.13. The van der Waals surface area contributed by atoms with E-state index in [1.54, 1.807) is 0 Å². The van der Waals surface area contributed by atoms with E-state index >= 15 is 0 Å². The molecule has 0 aromatic carbocycles. The molecular formula is C10H19B3N2O17. The van der Waals surface area contributed by atoms with E-state index in [0.29, 0.717) is 4.90 Å². The summed E-state index contributed by atoms with van der Waals surface area (Å²) in [5, 5.41) is 90.7. The number of nitrogens with zero attached hydrogens (tertiary/aromatic N) is 2. The summed E-state index contributed by atoms with van der Waals surface area (Å²) in [5.74, 6) is -11.6. The molecule has 22 heteroatoms. The van der Waals surface area contributed by atoms with Gasteiger partial charge in [0.15, 0.2) is 0 Å². The number of rotatable bonds is 17. The van der Waals surface area contributed by atoms with Gasteiger partial charge in [-0.15, -0.1) is 0 Å². The van der Waals surface area contributed by atoms with Gasteiger partial charge in [0.2, 0.25) is 6.23 Å². The van der Waals surface area contributed by atoms with Gasteiger partial charge in [0, 0.05) is 13.1 Å². The number of aliphatic carboxylic acids is 4. The van der Waals surface area contributed by atoms with Gasteiger partial charge in [0.05, 0.1) is 13.1 Å². The van der Waals surface area contributed by atoms with Crippen LogP contribution in [0, 0.1) is 0 Å². The number of carbonyl (C=O) groups is 4. The predicted molar refractivity (Wildman–Crippen MR) is 94.0 cm³/mol. The lowest BCUT2D eigenvalue weighted by atomic mass is 10.1. The normalized spacial score (nSPS) is 12.5. The Labute approximate surface area is 178 Å². The van der Waals surface area contributed by atoms with E-state index in [9.17, 15) is 29.4 Å². The van der Waals surface area contributed by atoms with E-state index in [1.165, 1.54) is 0 Å². The molecule has 32 heavy (non-hydrogen) atoms. The first-order chi connectivity index (χ1) is 14.6. The van der Waals surface area contributed by atoms with Crippen molar-refractivity contribution in [2.45, 2.75) is 12.1 Å². The lowest BCUT2D eigenvalue weighted by molar-refractivity contribution is -0.281. The van der Waals surface area contributed by atoms with Crippen LogP contribution in [-0.4, -0.2) is 145 Å². The minimum atomic E-state index is -3.83. The maximum absolute atomic E-state index is 11.8. The quantitative estimate of drug-likeness (QED) is 0.0695. The molecule has 0 aliphatic heterocycles. The fourth-order valence-corrected chi connectivity index (χ4v) is 2.32. The van der Waals surface area contributed by atoms with Crippen molar-refractivity contribution in [2.24, 2.45) is 0 Å². The van der Waals surface area contributed by atoms with Gasteiger partial charge < -0.3 is 64.5 Å². The molecule has 180 valence electrons. The second-order valence-electron chi connectivity index (χ2n) is 5.62. The van der Waals surface area contributed by atoms with Crippen LogP contribution in [0.2, 0.25) is 0 Å². The van der Waals surface area contributed by atoms with Crippen LogP contribution >= 0.6 is 0 Å². The first-order valence-electron chi connectivity index (χ1n) is 8.10. The Kier molecular flexibility index (Phi) is 12.3. The summed E-state index contributed by atoms with van der Waals surface area (Å²) in [5.41, 5.74) is 0. The van der Waals surface area contributed by atoms with Crippen molar-refractivity contribution in [3.05, 3.63) is 0 Å². The van der Waals surface area contributed by atoms with Gasteiger partial charge in [-0.1, -0.05) is 0 Å². The molecular weight excluding hydrogens is 453 g/mol. The Bertz CT molecular complexity index is 636. The first-order valence-corrected chi connectivity index (χ1v) is 8.10. The van der Waals surface area contributed by atoms with Crippen LogP contribution < -0.4 is 0 Å². The van der Waals surface area contributed by atoms with Crippen LogP contribution in [0.4, 0.5) is 0 Å². The van der Waals surface area contributed by atoms with Gasteiger partial charge in [-0.05, 0) is 0 Å². The molecule has 0 saturated heterocycles. The molecule has 10 N–H and O–H groups in total. The minimum Gasteiger partial charge on any atom is -0.480 e. The van der Waals surface area contributed by atoms with Crippen LogP contribution in [0.15, 0.2) is 0 Å². The monoisotopic (exact) mass is 472 g/mol. The summed E-state index contributed by atoms with van der Waals surface area (Å²) >= 11 is 0. The molecule has 0 radical (unpaired) electrons. The van der Waals surface area contributed by atoms with Crippen molar-refractivity contribution in [1.29, 1.82) is 0 Å². The molecule has 0 saturated carbocycles. The van der Waals surface area contributed by atoms with E-state index in [4.69, 9.17) is 40.4 Å². The highest BCUT2D eigenvalue weighted by Crippen LogP contribution is 2.25. The van der Waals surface area contributed by atoms with Crippen molar-refractivity contribution in [2.75, 3.05) is 26.2 Å². The topological polar surface area (TPSA) is 305 Å². The molecule has 0 rings (SSSR count). The van der Waals surface area contributed by atoms with Crippen molar-refractivity contribution in [3.8, 4) is 0 Å². The fraction of sp³-hybridized carbons (Fsp3) is 0.600. The maximum Gasteiger partial charge on any atom is 0.637 e. The number of hydrogen-bond acceptors (Lipinski definition) is 15. The van der Waals surface area contributed by atoms with Gasteiger partial charge >= 0.3 is 51.8 Å². The van der Waals surface area contributed by atoms with E-state index in [1.807, 2.05) is 0 Å². The zero-order chi connectivity index (χ0) is 25.2. The fourth-order valence-electron chi connectivity index (χ4n) is 2.32. The van der Waals surface area contributed by atoms with Crippen molar-refractivity contribution >= 4 is 45.8 Å². The van der Waals surface area contributed by atoms with Crippen LogP contribution in [0.1, 0.15) is 0 Å². The number of hydrogen-bond donors (Lipinski definition) is 10. The van der Waals surface area contributed by atoms with Crippen molar-refractivity contribution < 1.29 is 83.7 Å². The SMILES string of the molecule is O=C(O)CN(CCN(C(OB(O)O)C(=O)O)C(OB(O)O)(OB(O)O)C(=O)O)CC(=O)O. The molecule has 0 fully saturated rings. The molecule has 19 nitrogen and oxygen atoms in total. The molecule has 0 aliphatic rings. The van der Waals surface area contributed by atoms with Crippen molar-refractivity contribution in [1.82, 2.24) is 9.80 Å². The smallest absolute Gasteiger partial charge is 0.480 e. The van der Waals surface area contributed by atoms with Gasteiger partial charge in [0.1, 0.15) is 0 Å². The summed E-state index contributed by atoms with van der Waals surface area (Å²) in [4.78, 5) is 45.7. The summed E-state index contributed by atoms with van der Waals surface area (Å²) in [6.07, 6.45) is -2.81. The Balaban J connectivity index is 6.45. The highest BCUT2D eigenvalue weighted by Gasteiger charge is 2.56. The third kappa shape index (κ3) is 9.84. The molecule has 0 amide bonds. The van der Waals surface area contributed by atoms with Crippen molar-refractivity contribution in [3.63, 3.8) is 0 Å². The maximum atomic E-state index is 11.8. The van der Waals surface area contributed by atoms with Crippen LogP contribution in [0.25, 0.3) is 0 Å². The zero-order valence-electron chi connectivity index (χ0n) is 15.9. The Morgan fingerprint density at radius 1 is 0.750 bits per heavy atom. The number of carboxylic acid groups (broad SMARTS) is 4. The largest absolute Gasteiger partial charge is 0.637 e. The molecule has 0 spiro atoms. The van der Waals surface area contributed by atoms with E-state index in [0.717, 1.165) is 0 Å². The molecule has 0 aromatic rings. The minimum absolute atomic E-state index is 0.160. The molecule has 0 bridgehead atoms. The van der Waals surface area contributed by atoms with Crippen LogP contribution in [0.5, 0.6) is 0 Å². The van der Waals surface area contributed by atoms with E-state index in [2.05, 4.69) is 14.0 Å². The third-order valence-corrected chi connectivity index (χ3v) is 3.30. The molecule has 0 heterocycles. The van der Waals surface area contributed by atoms with Crippen LogP contribution in [0.3, 0.4) is 0 Å². The average Bonchev–Trinajstić information content (AvgIpc) is 2.57. The molecule has 1 unspecified atom stereocenters. The molecule has 1 atom stereocenters. The Morgan fingerprint density at radius 2 is 1.19 bits per heavy atom. The summed E-state index contributed by atoms with van der Waals surface area (Å²) < 4.78 is 12.7. The summed E-state index contributed by atoms with van der Waals surface area (Å²) in [7, 11) is -9.04. The van der Waals surface area contributed by atoms with Crippen LogP contribution in [-0.2, 0) is 33.1 Å². The first kappa shape index (κ1) is 29.6. The average molecular weight is 472 g/mol. The second-order valence-corrected chi connectivity index (χ2v) is 5.62. The standard InChI is InChI=1S/C10H19B3N2O17/c16-5(17)3-14(4-6(18)19)1-2-15(7(8(20)21)30-11(24)25)10(9(22)23,31-12(26)27)32-13(28)29/h7,24-29H,1-4H2,(H,16,17)(H,18,19)(H,20,21)(H,22,23). The van der Waals surface area contributed by atoms with Gasteiger partial charge in [-0.3, -0.25) is 14.5 Å². The number of carboxylic acids is 4. The lowest BCUT2D eigenvalue weighted by Gasteiger charge is -2.42. The van der Waals surface area contributed by atoms with E-state index < -0.39 is 84.2 Å². The zero-order valence-corrected chi connectivity index (χ0v) is 15.9. The lowest BCUT2D eigenvalue weighted by Crippen LogP contribution is -2.68. The highest BCUT2D eigenvalue weighted by atomic mass is 16.8. The summed E-state index contributed by atoms with van der Waals surface area (Å²) in [6.45, 7) is -3.88. The molecule has 0 aromatic heterocycles. The summed E-state index contributed by atoms with van der Waals surface area (Å²) in [6, 6.07) is 0. The van der Waals surface area contributed by atoms with Gasteiger partial charge in [-0.25, -0.2) is 14.5 Å². The Morgan fingerprint density at radius 3 is 1.47 bits per heavy atom. The Hall–Kier alpha value is -2.37. The van der Waals surface area contributed by atoms with E-state index in [-0.39, 0.29) is 4.90 Å². The van der Waals surface area contributed by atoms with Gasteiger partial charge in [-0.2, -0.15) is 0 Å². The second kappa shape index (κ2) is 13.2. The highest BCUT2D eigenvalue weighted by molar-refractivity contribution is 6.35. The third-order valence-electron chi connectivity index (χ3n) is 3.30. The van der Waals surface area contributed by atoms with Gasteiger partial charge in [0.25, 0.3) is 0 Å². The molecule has 0 aliphatic carbocycles.